The molecule has 0 amide bonds. The quantitative estimate of drug-likeness (QED) is 0.774. The van der Waals surface area contributed by atoms with Gasteiger partial charge in [-0.1, -0.05) is 35.9 Å². The Bertz CT molecular complexity index is 749. The second-order valence-corrected chi connectivity index (χ2v) is 7.94. The fourth-order valence-electron chi connectivity index (χ4n) is 1.99. The Morgan fingerprint density at radius 3 is 2.43 bits per heavy atom. The number of nitrogens with zero attached hydrogens (tertiary/aromatic N) is 1. The highest BCUT2D eigenvalue weighted by Crippen LogP contribution is 2.30. The van der Waals surface area contributed by atoms with E-state index in [1.807, 2.05) is 19.1 Å². The van der Waals surface area contributed by atoms with Gasteiger partial charge in [0.15, 0.2) is 0 Å². The van der Waals surface area contributed by atoms with Gasteiger partial charge in [0, 0.05) is 22.6 Å². The zero-order valence-electron chi connectivity index (χ0n) is 11.6. The molecule has 0 saturated carbocycles. The molecule has 2 rings (SSSR count). The van der Waals surface area contributed by atoms with Gasteiger partial charge in [0.2, 0.25) is 10.0 Å². The van der Waals surface area contributed by atoms with E-state index in [4.69, 9.17) is 11.6 Å². The number of benzene rings is 2. The van der Waals surface area contributed by atoms with Gasteiger partial charge in [-0.05, 0) is 52.7 Å². The molecule has 2 aromatic carbocycles. The Morgan fingerprint density at radius 2 is 1.81 bits per heavy atom. The van der Waals surface area contributed by atoms with Crippen LogP contribution in [0.4, 0.5) is 0 Å². The first kappa shape index (κ1) is 16.5. The molecule has 0 N–H and O–H groups in total. The molecule has 112 valence electrons. The molecule has 1 atom stereocenters. The van der Waals surface area contributed by atoms with Crippen LogP contribution in [-0.2, 0) is 10.0 Å². The van der Waals surface area contributed by atoms with Crippen LogP contribution in [0.15, 0.2) is 57.9 Å². The lowest BCUT2D eigenvalue weighted by Gasteiger charge is -2.25. The van der Waals surface area contributed by atoms with E-state index in [1.54, 1.807) is 43.4 Å². The van der Waals surface area contributed by atoms with Crippen LogP contribution >= 0.6 is 27.5 Å². The van der Waals surface area contributed by atoms with E-state index in [9.17, 15) is 8.42 Å². The molecule has 0 radical (unpaired) electrons. The maximum atomic E-state index is 12.7. The second-order valence-electron chi connectivity index (χ2n) is 4.68. The SMILES string of the molecule is CC(c1cccc(Cl)c1)N(C)S(=O)(=O)c1ccccc1Br. The van der Waals surface area contributed by atoms with Crippen molar-refractivity contribution in [3.8, 4) is 0 Å². The molecule has 0 spiro atoms. The largest absolute Gasteiger partial charge is 0.244 e. The molecule has 3 nitrogen and oxygen atoms in total. The summed E-state index contributed by atoms with van der Waals surface area (Å²) in [7, 11) is -2.02. The first-order valence-electron chi connectivity index (χ1n) is 6.32. The lowest BCUT2D eigenvalue weighted by molar-refractivity contribution is 0.398. The zero-order chi connectivity index (χ0) is 15.6. The van der Waals surface area contributed by atoms with Crippen LogP contribution in [0.25, 0.3) is 0 Å². The van der Waals surface area contributed by atoms with Crippen LogP contribution < -0.4 is 0 Å². The van der Waals surface area contributed by atoms with E-state index in [0.717, 1.165) is 5.56 Å². The molecule has 0 bridgehead atoms. The third kappa shape index (κ3) is 3.48. The fourth-order valence-corrected chi connectivity index (χ4v) is 4.50. The molecule has 0 fully saturated rings. The van der Waals surface area contributed by atoms with Crippen molar-refractivity contribution in [2.75, 3.05) is 7.05 Å². The number of sulfonamides is 1. The van der Waals surface area contributed by atoms with Crippen molar-refractivity contribution >= 4 is 37.6 Å². The van der Waals surface area contributed by atoms with Gasteiger partial charge in [0.1, 0.15) is 0 Å². The van der Waals surface area contributed by atoms with Gasteiger partial charge in [-0.15, -0.1) is 0 Å². The average molecular weight is 389 g/mol. The lowest BCUT2D eigenvalue weighted by atomic mass is 10.1. The predicted octanol–water partition coefficient (Wildman–Crippen LogP) is 4.48. The highest BCUT2D eigenvalue weighted by Gasteiger charge is 2.27. The van der Waals surface area contributed by atoms with E-state index in [-0.39, 0.29) is 10.9 Å². The van der Waals surface area contributed by atoms with Crippen molar-refractivity contribution in [2.24, 2.45) is 0 Å². The Labute approximate surface area is 138 Å². The smallest absolute Gasteiger partial charge is 0.207 e. The van der Waals surface area contributed by atoms with Crippen LogP contribution in [-0.4, -0.2) is 19.8 Å². The van der Waals surface area contributed by atoms with E-state index < -0.39 is 10.0 Å². The van der Waals surface area contributed by atoms with Gasteiger partial charge in [-0.25, -0.2) is 8.42 Å². The third-order valence-electron chi connectivity index (χ3n) is 3.37. The van der Waals surface area contributed by atoms with Crippen LogP contribution in [0, 0.1) is 0 Å². The van der Waals surface area contributed by atoms with Gasteiger partial charge in [-0.3, -0.25) is 0 Å². The third-order valence-corrected chi connectivity index (χ3v) is 6.55. The summed E-state index contributed by atoms with van der Waals surface area (Å²) in [6.45, 7) is 1.83. The highest BCUT2D eigenvalue weighted by atomic mass is 79.9. The molecule has 2 aromatic rings. The molecule has 0 saturated heterocycles. The summed E-state index contributed by atoms with van der Waals surface area (Å²) >= 11 is 9.27. The summed E-state index contributed by atoms with van der Waals surface area (Å²) < 4.78 is 27.3. The Balaban J connectivity index is 2.39. The van der Waals surface area contributed by atoms with Crippen molar-refractivity contribution in [3.05, 3.63) is 63.6 Å². The van der Waals surface area contributed by atoms with Crippen LogP contribution in [0.5, 0.6) is 0 Å². The molecule has 6 heteroatoms. The number of rotatable bonds is 4. The Kier molecular flexibility index (Phi) is 5.09. The minimum absolute atomic E-state index is 0.251. The lowest BCUT2D eigenvalue weighted by Crippen LogP contribution is -2.30. The molecular weight excluding hydrogens is 374 g/mol. The molecule has 0 aromatic heterocycles. The second kappa shape index (κ2) is 6.48. The van der Waals surface area contributed by atoms with Crippen molar-refractivity contribution in [1.82, 2.24) is 4.31 Å². The van der Waals surface area contributed by atoms with Crippen molar-refractivity contribution < 1.29 is 8.42 Å². The summed E-state index contributed by atoms with van der Waals surface area (Å²) in [4.78, 5) is 0.251. The maximum Gasteiger partial charge on any atom is 0.244 e. The van der Waals surface area contributed by atoms with Gasteiger partial charge in [0.25, 0.3) is 0 Å². The Morgan fingerprint density at radius 1 is 1.14 bits per heavy atom. The van der Waals surface area contributed by atoms with Crippen LogP contribution in [0.1, 0.15) is 18.5 Å². The Hall–Kier alpha value is -0.880. The standard InChI is InChI=1S/C15H15BrClNO2S/c1-11(12-6-5-7-13(17)10-12)18(2)21(19,20)15-9-4-3-8-14(15)16/h3-11H,1-2H3. The monoisotopic (exact) mass is 387 g/mol. The van der Waals surface area contributed by atoms with Crippen molar-refractivity contribution in [1.29, 1.82) is 0 Å². The fraction of sp³-hybridized carbons (Fsp3) is 0.200. The first-order chi connectivity index (χ1) is 9.84. The van der Waals surface area contributed by atoms with Gasteiger partial charge < -0.3 is 0 Å². The minimum atomic E-state index is -3.59. The summed E-state index contributed by atoms with van der Waals surface area (Å²) in [5.41, 5.74) is 0.848. The normalized spacial score (nSPS) is 13.4. The molecule has 0 heterocycles. The summed E-state index contributed by atoms with van der Waals surface area (Å²) in [6, 6.07) is 13.7. The van der Waals surface area contributed by atoms with E-state index in [0.29, 0.717) is 9.50 Å². The maximum absolute atomic E-state index is 12.7. The topological polar surface area (TPSA) is 37.4 Å². The first-order valence-corrected chi connectivity index (χ1v) is 8.93. The van der Waals surface area contributed by atoms with Crippen molar-refractivity contribution in [2.45, 2.75) is 17.9 Å². The van der Waals surface area contributed by atoms with E-state index in [1.165, 1.54) is 4.31 Å². The molecule has 21 heavy (non-hydrogen) atoms. The molecule has 0 aliphatic heterocycles. The molecule has 0 aliphatic rings. The number of hydrogen-bond acceptors (Lipinski definition) is 2. The van der Waals surface area contributed by atoms with Crippen LogP contribution in [0.3, 0.4) is 0 Å². The van der Waals surface area contributed by atoms with Gasteiger partial charge in [0.05, 0.1) is 4.90 Å². The number of halogens is 2. The highest BCUT2D eigenvalue weighted by molar-refractivity contribution is 9.10. The van der Waals surface area contributed by atoms with Crippen LogP contribution in [0.2, 0.25) is 5.02 Å². The predicted molar refractivity (Wildman–Crippen MR) is 89.0 cm³/mol. The summed E-state index contributed by atoms with van der Waals surface area (Å²) in [5.74, 6) is 0. The summed E-state index contributed by atoms with van der Waals surface area (Å²) in [5, 5.41) is 0.589. The van der Waals surface area contributed by atoms with Crippen molar-refractivity contribution in [3.63, 3.8) is 0 Å². The number of hydrogen-bond donors (Lipinski definition) is 0. The van der Waals surface area contributed by atoms with Gasteiger partial charge >= 0.3 is 0 Å². The van der Waals surface area contributed by atoms with Gasteiger partial charge in [-0.2, -0.15) is 4.31 Å². The molecular formula is C15H15BrClNO2S. The molecule has 1 unspecified atom stereocenters. The summed E-state index contributed by atoms with van der Waals surface area (Å²) in [6.07, 6.45) is 0. The average Bonchev–Trinajstić information content (AvgIpc) is 2.46. The molecule has 0 aliphatic carbocycles. The minimum Gasteiger partial charge on any atom is -0.207 e. The van der Waals surface area contributed by atoms with E-state index >= 15 is 0 Å². The zero-order valence-corrected chi connectivity index (χ0v) is 14.8. The van der Waals surface area contributed by atoms with E-state index in [2.05, 4.69) is 15.9 Å².